The molecule has 0 saturated carbocycles. The van der Waals surface area contributed by atoms with E-state index in [4.69, 9.17) is 9.84 Å². The van der Waals surface area contributed by atoms with Gasteiger partial charge >= 0.3 is 71.1 Å². The third-order valence-electron chi connectivity index (χ3n) is 7.27. The molecule has 2 atom stereocenters. The molecule has 0 aliphatic carbocycles. The van der Waals surface area contributed by atoms with Crippen molar-refractivity contribution in [3.63, 3.8) is 0 Å². The molecule has 10 heteroatoms. The van der Waals surface area contributed by atoms with Gasteiger partial charge < -0.3 is 12.7 Å². The zero-order chi connectivity index (χ0) is 28.5. The molecule has 0 saturated heterocycles. The second-order valence-electron chi connectivity index (χ2n) is 11.0. The smallest absolute Gasteiger partial charge is 1.00 e. The molecule has 2 unspecified atom stereocenters. The van der Waals surface area contributed by atoms with E-state index in [0.717, 1.165) is 38.5 Å². The van der Waals surface area contributed by atoms with Crippen molar-refractivity contribution in [2.75, 3.05) is 0 Å². The van der Waals surface area contributed by atoms with Crippen molar-refractivity contribution in [1.29, 1.82) is 0 Å². The molecule has 0 aromatic rings. The van der Waals surface area contributed by atoms with Crippen LogP contribution in [0.15, 0.2) is 0 Å². The van der Waals surface area contributed by atoms with Crippen LogP contribution in [0.25, 0.3) is 0 Å². The minimum Gasteiger partial charge on any atom is -1.00 e. The van der Waals surface area contributed by atoms with E-state index in [1.165, 1.54) is 96.3 Å². The summed E-state index contributed by atoms with van der Waals surface area (Å²) < 4.78 is 38.0. The van der Waals surface area contributed by atoms with Gasteiger partial charge in [-0.3, -0.25) is 14.1 Å². The molecule has 0 aromatic carbocycles. The van der Waals surface area contributed by atoms with E-state index >= 15 is 0 Å². The van der Waals surface area contributed by atoms with Crippen molar-refractivity contribution in [3.05, 3.63) is 0 Å². The van der Waals surface area contributed by atoms with Crippen molar-refractivity contribution in [1.82, 2.24) is 0 Å². The maximum absolute atomic E-state index is 12.5. The molecule has 0 amide bonds. The Morgan fingerprint density at radius 2 is 0.925 bits per heavy atom. The van der Waals surface area contributed by atoms with Crippen LogP contribution in [-0.2, 0) is 24.4 Å². The van der Waals surface area contributed by atoms with E-state index in [1.54, 1.807) is 0 Å². The zero-order valence-electron chi connectivity index (χ0n) is 28.5. The molecule has 0 radical (unpaired) electrons. The van der Waals surface area contributed by atoms with Gasteiger partial charge in [0.1, 0.15) is 6.10 Å². The fourth-order valence-corrected chi connectivity index (χ4v) is 5.52. The van der Waals surface area contributed by atoms with Crippen LogP contribution in [0.3, 0.4) is 0 Å². The van der Waals surface area contributed by atoms with Crippen molar-refractivity contribution in [3.8, 4) is 0 Å². The number of rotatable bonds is 28. The summed E-state index contributed by atoms with van der Waals surface area (Å²) in [6.45, 7) is 4.45. The van der Waals surface area contributed by atoms with Gasteiger partial charge in [-0.1, -0.05) is 136 Å². The van der Waals surface area contributed by atoms with Crippen molar-refractivity contribution in [2.24, 2.45) is 0 Å². The third kappa shape index (κ3) is 28.9. The first kappa shape index (κ1) is 45.3. The molecule has 2 N–H and O–H groups in total. The number of carboxylic acid groups (broad SMARTS) is 1. The summed E-state index contributed by atoms with van der Waals surface area (Å²) in [5.74, 6) is -2.63. The fraction of sp³-hybridized carbons (Fsp3) is 0.933. The van der Waals surface area contributed by atoms with E-state index in [0.29, 0.717) is 12.8 Å². The summed E-state index contributed by atoms with van der Waals surface area (Å²) in [4.78, 5) is 23.5. The molecule has 0 aromatic heterocycles. The molecule has 7 nitrogen and oxygen atoms in total. The number of unbranched alkanes of at least 4 members (excludes halogenated alkanes) is 19. The van der Waals surface area contributed by atoms with Gasteiger partial charge in [-0.05, 0) is 25.7 Å². The largest absolute Gasteiger partial charge is 1.00 e. The summed E-state index contributed by atoms with van der Waals surface area (Å²) in [7, 11) is -4.85. The van der Waals surface area contributed by atoms with Gasteiger partial charge in [-0.25, -0.2) is 0 Å². The number of hydrogen-bond donors (Lipinski definition) is 2. The van der Waals surface area contributed by atoms with Crippen LogP contribution < -0.4 is 59.1 Å². The maximum Gasteiger partial charge on any atom is 1.00 e. The topological polar surface area (TPSA) is 118 Å². The molecule has 0 rings (SSSR count). The number of carbonyl (C=O) groups excluding carboxylic acids is 1. The summed E-state index contributed by atoms with van der Waals surface area (Å²) >= 11 is 0. The molecule has 0 spiro atoms. The average molecular weight is 611 g/mol. The molecule has 0 aliphatic heterocycles. The summed E-state index contributed by atoms with van der Waals surface area (Å²) in [6, 6.07) is 0. The Hall–Kier alpha value is 0.850. The second-order valence-corrected chi connectivity index (χ2v) is 12.6. The number of carbonyl (C=O) groups is 2. The Bertz CT molecular complexity index is 701. The average Bonchev–Trinajstić information content (AvgIpc) is 2.85. The minimum absolute atomic E-state index is 0. The fourth-order valence-electron chi connectivity index (χ4n) is 4.87. The van der Waals surface area contributed by atoms with E-state index in [2.05, 4.69) is 13.8 Å². The van der Waals surface area contributed by atoms with Crippen LogP contribution in [0.2, 0.25) is 0 Å². The number of hydrogen-bond acceptors (Lipinski definition) is 5. The Labute approximate surface area is 293 Å². The Kier molecular flexibility index (Phi) is 35.4. The number of ether oxygens (including phenoxy) is 1. The SMILES string of the molecule is CCCCCCCCCCCCCC(CCCCCCCCCCCC)OC(=O)C(CC(=O)O)S(=O)(=O)O.[H-].[H-].[Na+].[Na+]. The zero-order valence-corrected chi connectivity index (χ0v) is 31.3. The van der Waals surface area contributed by atoms with Crippen LogP contribution in [0.4, 0.5) is 0 Å². The molecule has 0 aliphatic rings. The molecule has 0 fully saturated rings. The quantitative estimate of drug-likeness (QED) is 0.0606. The summed E-state index contributed by atoms with van der Waals surface area (Å²) in [5, 5.41) is 6.89. The van der Waals surface area contributed by atoms with Gasteiger partial charge in [0.15, 0.2) is 5.25 Å². The third-order valence-corrected chi connectivity index (χ3v) is 8.35. The van der Waals surface area contributed by atoms with Gasteiger partial charge in [0.25, 0.3) is 10.1 Å². The van der Waals surface area contributed by atoms with Crippen molar-refractivity contribution in [2.45, 2.75) is 179 Å². The van der Waals surface area contributed by atoms with Gasteiger partial charge in [-0.2, -0.15) is 8.42 Å². The maximum atomic E-state index is 12.5. The van der Waals surface area contributed by atoms with Crippen molar-refractivity contribution < 1.29 is 94.4 Å². The van der Waals surface area contributed by atoms with E-state index in [9.17, 15) is 22.6 Å². The first-order valence-corrected chi connectivity index (χ1v) is 17.1. The van der Waals surface area contributed by atoms with Crippen LogP contribution in [0.1, 0.15) is 171 Å². The minimum atomic E-state index is -4.85. The Morgan fingerprint density at radius 3 is 1.20 bits per heavy atom. The molecule has 0 bridgehead atoms. The molecular weight excluding hydrogens is 550 g/mol. The first-order chi connectivity index (χ1) is 18.2. The standard InChI is InChI=1S/C30H58O7S.2Na.2H/c1-3-5-7-9-11-13-15-17-19-21-23-25-27(24-22-20-18-16-14-12-10-8-6-4-2)37-30(33)28(26-29(31)32)38(34,35)36;;;;/h27-28H,3-26H2,1-2H3,(H,31,32)(H,34,35,36);;;;/q;2*+1;2*-1. The van der Waals surface area contributed by atoms with Gasteiger partial charge in [0.05, 0.1) is 6.42 Å². The van der Waals surface area contributed by atoms with Gasteiger partial charge in [0.2, 0.25) is 0 Å². The molecule has 230 valence electrons. The Balaban J connectivity index is -0.00000114. The van der Waals surface area contributed by atoms with Crippen LogP contribution >= 0.6 is 0 Å². The van der Waals surface area contributed by atoms with E-state index < -0.39 is 39.8 Å². The molecular formula is C30H60Na2O7S. The van der Waals surface area contributed by atoms with Gasteiger partial charge in [-0.15, -0.1) is 0 Å². The van der Waals surface area contributed by atoms with Gasteiger partial charge in [0, 0.05) is 0 Å². The van der Waals surface area contributed by atoms with Crippen molar-refractivity contribution >= 4 is 22.1 Å². The first-order valence-electron chi connectivity index (χ1n) is 15.6. The number of aliphatic carboxylic acids is 1. The van der Waals surface area contributed by atoms with E-state index in [1.807, 2.05) is 0 Å². The van der Waals surface area contributed by atoms with Crippen LogP contribution in [0.5, 0.6) is 0 Å². The molecule has 40 heavy (non-hydrogen) atoms. The Morgan fingerprint density at radius 1 is 0.625 bits per heavy atom. The number of carboxylic acids is 1. The normalized spacial score (nSPS) is 12.7. The predicted molar refractivity (Wildman–Crippen MR) is 157 cm³/mol. The second kappa shape index (κ2) is 31.3. The van der Waals surface area contributed by atoms with E-state index in [-0.39, 0.29) is 62.0 Å². The van der Waals surface area contributed by atoms with Crippen LogP contribution in [0, 0.1) is 0 Å². The van der Waals surface area contributed by atoms with Crippen LogP contribution in [-0.4, -0.2) is 41.4 Å². The number of esters is 1. The predicted octanol–water partition coefficient (Wildman–Crippen LogP) is 2.87. The summed E-state index contributed by atoms with van der Waals surface area (Å²) in [6.07, 6.45) is 25.0. The molecule has 0 heterocycles. The summed E-state index contributed by atoms with van der Waals surface area (Å²) in [5.41, 5.74) is 0. The monoisotopic (exact) mass is 610 g/mol.